The summed E-state index contributed by atoms with van der Waals surface area (Å²) in [5.74, 6) is 1.49. The number of ketones is 1. The molecule has 4 aromatic rings. The smallest absolute Gasteiger partial charge is 0.167 e. The van der Waals surface area contributed by atoms with Crippen molar-refractivity contribution in [3.05, 3.63) is 102 Å². The molecular weight excluding hydrogens is 386 g/mol. The van der Waals surface area contributed by atoms with Gasteiger partial charge in [0.25, 0.3) is 0 Å². The first-order valence-corrected chi connectivity index (χ1v) is 10.4. The number of benzene rings is 4. The van der Waals surface area contributed by atoms with Gasteiger partial charge in [-0.3, -0.25) is 4.79 Å². The molecule has 0 aliphatic carbocycles. The topological polar surface area (TPSA) is 47.6 Å². The number of carbonyl (C=O) groups excluding carboxylic acids is 1. The summed E-state index contributed by atoms with van der Waals surface area (Å²) < 4.78 is 11.6. The summed E-state index contributed by atoms with van der Waals surface area (Å²) in [5.41, 5.74) is 3.75. The van der Waals surface area contributed by atoms with Gasteiger partial charge in [-0.15, -0.1) is 0 Å². The van der Waals surface area contributed by atoms with Gasteiger partial charge in [-0.05, 0) is 40.1 Å². The first kappa shape index (κ1) is 19.2. The molecule has 5 rings (SSSR count). The number of hydrogen-bond acceptors (Lipinski definition) is 4. The molecule has 31 heavy (non-hydrogen) atoms. The highest BCUT2D eigenvalue weighted by Crippen LogP contribution is 2.39. The largest absolute Gasteiger partial charge is 0.493 e. The molecule has 0 fully saturated rings. The Morgan fingerprint density at radius 1 is 0.903 bits per heavy atom. The van der Waals surface area contributed by atoms with Crippen molar-refractivity contribution in [2.24, 2.45) is 0 Å². The zero-order valence-electron chi connectivity index (χ0n) is 17.3. The monoisotopic (exact) mass is 409 g/mol. The Bertz CT molecular complexity index is 1250. The van der Waals surface area contributed by atoms with Gasteiger partial charge in [-0.1, -0.05) is 66.7 Å². The lowest BCUT2D eigenvalue weighted by Gasteiger charge is -2.28. The molecule has 1 aliphatic rings. The number of methoxy groups -OCH3 is 1. The van der Waals surface area contributed by atoms with Gasteiger partial charge in [0.2, 0.25) is 0 Å². The number of anilines is 1. The fraction of sp³-hybridized carbons (Fsp3) is 0.148. The van der Waals surface area contributed by atoms with E-state index in [-0.39, 0.29) is 11.8 Å². The molecule has 4 aromatic carbocycles. The molecule has 0 unspecified atom stereocenters. The molecule has 0 saturated heterocycles. The molecule has 1 N–H and O–H groups in total. The lowest BCUT2D eigenvalue weighted by atomic mass is 9.89. The van der Waals surface area contributed by atoms with Gasteiger partial charge in [0, 0.05) is 17.7 Å². The van der Waals surface area contributed by atoms with Crippen LogP contribution < -0.4 is 14.8 Å². The van der Waals surface area contributed by atoms with E-state index in [1.54, 1.807) is 7.11 Å². The average molecular weight is 409 g/mol. The van der Waals surface area contributed by atoms with Crippen LogP contribution in [0.1, 0.15) is 33.9 Å². The molecule has 0 bridgehead atoms. The summed E-state index contributed by atoms with van der Waals surface area (Å²) in [6.45, 7) is 0.469. The molecule has 0 aromatic heterocycles. The van der Waals surface area contributed by atoms with Crippen LogP contribution in [0.15, 0.2) is 84.9 Å². The number of hydrogen-bond donors (Lipinski definition) is 1. The Morgan fingerprint density at radius 2 is 1.71 bits per heavy atom. The van der Waals surface area contributed by atoms with E-state index in [4.69, 9.17) is 9.47 Å². The number of rotatable bonds is 5. The van der Waals surface area contributed by atoms with E-state index in [9.17, 15) is 4.79 Å². The van der Waals surface area contributed by atoms with Crippen LogP contribution in [0.2, 0.25) is 0 Å². The van der Waals surface area contributed by atoms with Gasteiger partial charge >= 0.3 is 0 Å². The predicted molar refractivity (Wildman–Crippen MR) is 123 cm³/mol. The summed E-state index contributed by atoms with van der Waals surface area (Å²) in [5, 5.41) is 5.63. The standard InChI is InChI=1S/C27H23NO3/c1-30-26-15-20(12-14-25(26)31-17-18-7-3-2-4-8-18)23-16-24(29)27-21-10-6-5-9-19(21)11-13-22(27)28-23/h2-15,23,28H,16-17H2,1H3/t23-/m1/s1. The highest BCUT2D eigenvalue weighted by molar-refractivity contribution is 6.14. The molecule has 0 spiro atoms. The molecule has 4 heteroatoms. The van der Waals surface area contributed by atoms with Crippen LogP contribution in [-0.4, -0.2) is 12.9 Å². The number of nitrogens with one attached hydrogen (secondary N) is 1. The summed E-state index contributed by atoms with van der Waals surface area (Å²) in [6, 6.07) is 27.8. The molecule has 1 aliphatic heterocycles. The summed E-state index contributed by atoms with van der Waals surface area (Å²) in [4.78, 5) is 13.1. The normalized spacial score (nSPS) is 15.3. The maximum absolute atomic E-state index is 13.1. The molecular formula is C27H23NO3. The van der Waals surface area contributed by atoms with Crippen molar-refractivity contribution in [1.82, 2.24) is 0 Å². The minimum atomic E-state index is -0.113. The predicted octanol–water partition coefficient (Wildman–Crippen LogP) is 6.17. The molecule has 1 heterocycles. The fourth-order valence-corrected chi connectivity index (χ4v) is 4.18. The van der Waals surface area contributed by atoms with Crippen molar-refractivity contribution in [2.45, 2.75) is 19.1 Å². The molecule has 0 radical (unpaired) electrons. The summed E-state index contributed by atoms with van der Waals surface area (Å²) >= 11 is 0. The van der Waals surface area contributed by atoms with Gasteiger partial charge in [0.15, 0.2) is 17.3 Å². The molecule has 0 saturated carbocycles. The number of ether oxygens (including phenoxy) is 2. The molecule has 0 amide bonds. The van der Waals surface area contributed by atoms with Crippen molar-refractivity contribution in [3.63, 3.8) is 0 Å². The Balaban J connectivity index is 1.40. The first-order valence-electron chi connectivity index (χ1n) is 10.4. The third-order valence-electron chi connectivity index (χ3n) is 5.75. The van der Waals surface area contributed by atoms with Crippen LogP contribution in [0.3, 0.4) is 0 Å². The maximum Gasteiger partial charge on any atom is 0.167 e. The van der Waals surface area contributed by atoms with E-state index < -0.39 is 0 Å². The third-order valence-corrected chi connectivity index (χ3v) is 5.75. The highest BCUT2D eigenvalue weighted by Gasteiger charge is 2.27. The van der Waals surface area contributed by atoms with Crippen LogP contribution in [-0.2, 0) is 6.61 Å². The maximum atomic E-state index is 13.1. The van der Waals surface area contributed by atoms with Crippen LogP contribution in [0.25, 0.3) is 10.8 Å². The van der Waals surface area contributed by atoms with E-state index in [0.29, 0.717) is 24.5 Å². The van der Waals surface area contributed by atoms with Gasteiger partial charge in [0.1, 0.15) is 6.61 Å². The second-order valence-electron chi connectivity index (χ2n) is 7.72. The highest BCUT2D eigenvalue weighted by atomic mass is 16.5. The quantitative estimate of drug-likeness (QED) is 0.428. The van der Waals surface area contributed by atoms with Gasteiger partial charge in [-0.2, -0.15) is 0 Å². The fourth-order valence-electron chi connectivity index (χ4n) is 4.18. The van der Waals surface area contributed by atoms with Crippen molar-refractivity contribution in [1.29, 1.82) is 0 Å². The zero-order chi connectivity index (χ0) is 21.2. The summed E-state index contributed by atoms with van der Waals surface area (Å²) in [7, 11) is 1.63. The summed E-state index contributed by atoms with van der Waals surface area (Å²) in [6.07, 6.45) is 0.397. The number of carbonyl (C=O) groups is 1. The zero-order valence-corrected chi connectivity index (χ0v) is 17.3. The van der Waals surface area contributed by atoms with Crippen molar-refractivity contribution in [2.75, 3.05) is 12.4 Å². The van der Waals surface area contributed by atoms with E-state index in [0.717, 1.165) is 33.2 Å². The van der Waals surface area contributed by atoms with E-state index in [2.05, 4.69) is 11.4 Å². The van der Waals surface area contributed by atoms with E-state index in [1.807, 2.05) is 78.9 Å². The van der Waals surface area contributed by atoms with Crippen molar-refractivity contribution >= 4 is 22.2 Å². The Morgan fingerprint density at radius 3 is 2.55 bits per heavy atom. The van der Waals surface area contributed by atoms with Crippen molar-refractivity contribution in [3.8, 4) is 11.5 Å². The van der Waals surface area contributed by atoms with Gasteiger partial charge in [-0.25, -0.2) is 0 Å². The first-order chi connectivity index (χ1) is 15.2. The van der Waals surface area contributed by atoms with Gasteiger partial charge < -0.3 is 14.8 Å². The minimum Gasteiger partial charge on any atom is -0.493 e. The van der Waals surface area contributed by atoms with E-state index in [1.165, 1.54) is 0 Å². The van der Waals surface area contributed by atoms with Crippen LogP contribution in [0.5, 0.6) is 11.5 Å². The molecule has 1 atom stereocenters. The SMILES string of the molecule is COc1cc([C@H]2CC(=O)c3c(ccc4ccccc34)N2)ccc1OCc1ccccc1. The Hall–Kier alpha value is -3.79. The molecule has 4 nitrogen and oxygen atoms in total. The second-order valence-corrected chi connectivity index (χ2v) is 7.72. The second kappa shape index (κ2) is 8.15. The molecule has 154 valence electrons. The lowest BCUT2D eigenvalue weighted by Crippen LogP contribution is -2.23. The van der Waals surface area contributed by atoms with Crippen LogP contribution in [0.4, 0.5) is 5.69 Å². The Kier molecular flexibility index (Phi) is 5.04. The third kappa shape index (κ3) is 3.73. The lowest BCUT2D eigenvalue weighted by molar-refractivity contribution is 0.0974. The van der Waals surface area contributed by atoms with E-state index >= 15 is 0 Å². The minimum absolute atomic E-state index is 0.113. The average Bonchev–Trinajstić information content (AvgIpc) is 2.82. The number of Topliss-reactive ketones (excluding diaryl/α,β-unsaturated/α-hetero) is 1. The Labute approximate surface area is 181 Å². The van der Waals surface area contributed by atoms with Crippen molar-refractivity contribution < 1.29 is 14.3 Å². The number of fused-ring (bicyclic) bond motifs is 3. The van der Waals surface area contributed by atoms with Crippen LogP contribution in [0, 0.1) is 0 Å². The van der Waals surface area contributed by atoms with Crippen LogP contribution >= 0.6 is 0 Å². The van der Waals surface area contributed by atoms with Gasteiger partial charge in [0.05, 0.1) is 13.2 Å².